The number of hydrogen-bond acceptors (Lipinski definition) is 3. The van der Waals surface area contributed by atoms with Gasteiger partial charge in [0.1, 0.15) is 0 Å². The van der Waals surface area contributed by atoms with Gasteiger partial charge in [0.2, 0.25) is 0 Å². The number of aryl methyl sites for hydroxylation is 1. The molecule has 0 unspecified atom stereocenters. The van der Waals surface area contributed by atoms with Gasteiger partial charge in [-0.3, -0.25) is 4.98 Å². The van der Waals surface area contributed by atoms with Crippen molar-refractivity contribution in [2.45, 2.75) is 25.8 Å². The highest BCUT2D eigenvalue weighted by Crippen LogP contribution is 2.49. The van der Waals surface area contributed by atoms with E-state index in [1.54, 1.807) is 0 Å². The zero-order valence-electron chi connectivity index (χ0n) is 9.11. The van der Waals surface area contributed by atoms with Gasteiger partial charge in [-0.05, 0) is 31.4 Å². The Morgan fingerprint density at radius 1 is 1.47 bits per heavy atom. The first kappa shape index (κ1) is 9.16. The minimum atomic E-state index is 0.460. The Kier molecular flexibility index (Phi) is 1.80. The van der Waals surface area contributed by atoms with E-state index in [9.17, 15) is 0 Å². The van der Waals surface area contributed by atoms with E-state index in [1.807, 2.05) is 12.4 Å². The normalized spacial score (nSPS) is 23.7. The van der Waals surface area contributed by atoms with Crippen LogP contribution in [0.15, 0.2) is 18.5 Å². The van der Waals surface area contributed by atoms with Crippen molar-refractivity contribution in [1.82, 2.24) is 4.98 Å². The topological polar surface area (TPSA) is 42.2 Å². The molecule has 1 aliphatic heterocycles. The van der Waals surface area contributed by atoms with Crippen molar-refractivity contribution >= 4 is 5.69 Å². The predicted molar refractivity (Wildman–Crippen MR) is 60.8 cm³/mol. The molecule has 1 spiro atoms. The van der Waals surface area contributed by atoms with E-state index in [1.165, 1.54) is 37.2 Å². The first-order valence-corrected chi connectivity index (χ1v) is 5.60. The highest BCUT2D eigenvalue weighted by molar-refractivity contribution is 5.54. The van der Waals surface area contributed by atoms with Gasteiger partial charge >= 0.3 is 0 Å². The summed E-state index contributed by atoms with van der Waals surface area (Å²) in [6.45, 7) is 4.50. The zero-order valence-corrected chi connectivity index (χ0v) is 9.11. The highest BCUT2D eigenvalue weighted by Gasteiger charge is 2.51. The fourth-order valence-electron chi connectivity index (χ4n) is 3.03. The molecule has 1 saturated carbocycles. The Labute approximate surface area is 90.3 Å². The number of pyridine rings is 1. The van der Waals surface area contributed by atoms with Gasteiger partial charge in [0, 0.05) is 30.7 Å². The van der Waals surface area contributed by atoms with Crippen LogP contribution >= 0.6 is 0 Å². The lowest BCUT2D eigenvalue weighted by Gasteiger charge is -2.59. The van der Waals surface area contributed by atoms with Crippen LogP contribution in [0.4, 0.5) is 5.69 Å². The smallest absolute Gasteiger partial charge is 0.0582 e. The molecular weight excluding hydrogens is 186 g/mol. The molecule has 0 aromatic carbocycles. The van der Waals surface area contributed by atoms with E-state index in [0.717, 1.165) is 0 Å². The average Bonchev–Trinajstić information content (AvgIpc) is 2.10. The lowest BCUT2D eigenvalue weighted by Crippen LogP contribution is -2.65. The molecule has 0 atom stereocenters. The van der Waals surface area contributed by atoms with Crippen molar-refractivity contribution in [1.29, 1.82) is 0 Å². The highest BCUT2D eigenvalue weighted by atomic mass is 15.2. The second kappa shape index (κ2) is 2.95. The quantitative estimate of drug-likeness (QED) is 0.748. The number of anilines is 1. The van der Waals surface area contributed by atoms with Crippen molar-refractivity contribution in [3.05, 3.63) is 24.0 Å². The summed E-state index contributed by atoms with van der Waals surface area (Å²) in [6.07, 6.45) is 6.25. The molecule has 2 heterocycles. The van der Waals surface area contributed by atoms with Gasteiger partial charge in [-0.15, -0.1) is 0 Å². The first-order chi connectivity index (χ1) is 7.19. The molecular formula is C12H17N3. The van der Waals surface area contributed by atoms with Gasteiger partial charge < -0.3 is 10.6 Å². The first-order valence-electron chi connectivity index (χ1n) is 5.60. The van der Waals surface area contributed by atoms with Gasteiger partial charge in [-0.2, -0.15) is 0 Å². The summed E-state index contributed by atoms with van der Waals surface area (Å²) >= 11 is 0. The maximum absolute atomic E-state index is 5.85. The molecule has 1 saturated heterocycles. The third-order valence-corrected chi connectivity index (χ3v) is 3.80. The Morgan fingerprint density at radius 3 is 2.80 bits per heavy atom. The Hall–Kier alpha value is -1.09. The third kappa shape index (κ3) is 1.34. The molecule has 1 aliphatic carbocycles. The van der Waals surface area contributed by atoms with Gasteiger partial charge in [0.05, 0.1) is 11.9 Å². The molecule has 15 heavy (non-hydrogen) atoms. The van der Waals surface area contributed by atoms with E-state index in [0.29, 0.717) is 11.5 Å². The maximum Gasteiger partial charge on any atom is 0.0582 e. The number of rotatable bonds is 1. The van der Waals surface area contributed by atoms with Gasteiger partial charge in [-0.1, -0.05) is 0 Å². The molecule has 2 aliphatic rings. The van der Waals surface area contributed by atoms with Crippen molar-refractivity contribution < 1.29 is 0 Å². The summed E-state index contributed by atoms with van der Waals surface area (Å²) in [5.41, 5.74) is 9.02. The van der Waals surface area contributed by atoms with Crippen LogP contribution in [0.1, 0.15) is 18.4 Å². The van der Waals surface area contributed by atoms with Crippen LogP contribution in [-0.2, 0) is 0 Å². The van der Waals surface area contributed by atoms with Gasteiger partial charge in [-0.25, -0.2) is 0 Å². The Bertz CT molecular complexity index is 374. The molecule has 3 heteroatoms. The number of nitrogens with zero attached hydrogens (tertiary/aromatic N) is 2. The molecule has 3 rings (SSSR count). The fourth-order valence-corrected chi connectivity index (χ4v) is 3.03. The molecule has 1 aromatic heterocycles. The van der Waals surface area contributed by atoms with Gasteiger partial charge in [0.25, 0.3) is 0 Å². The predicted octanol–water partition coefficient (Wildman–Crippen LogP) is 1.32. The summed E-state index contributed by atoms with van der Waals surface area (Å²) in [5, 5.41) is 0. The largest absolute Gasteiger partial charge is 0.369 e. The van der Waals surface area contributed by atoms with Crippen LogP contribution < -0.4 is 10.6 Å². The Balaban J connectivity index is 1.70. The van der Waals surface area contributed by atoms with E-state index >= 15 is 0 Å². The van der Waals surface area contributed by atoms with E-state index < -0.39 is 0 Å². The van der Waals surface area contributed by atoms with Crippen LogP contribution in [0.2, 0.25) is 0 Å². The van der Waals surface area contributed by atoms with Crippen LogP contribution in [-0.4, -0.2) is 24.1 Å². The van der Waals surface area contributed by atoms with E-state index in [-0.39, 0.29) is 0 Å². The fraction of sp³-hybridized carbons (Fsp3) is 0.583. The van der Waals surface area contributed by atoms with Gasteiger partial charge in [0.15, 0.2) is 0 Å². The molecule has 0 bridgehead atoms. The SMILES string of the molecule is Cc1ccncc1N1CC2(CC(N)C2)C1. The maximum atomic E-state index is 5.85. The Morgan fingerprint density at radius 2 is 2.20 bits per heavy atom. The monoisotopic (exact) mass is 203 g/mol. The minimum Gasteiger partial charge on any atom is -0.369 e. The average molecular weight is 203 g/mol. The summed E-state index contributed by atoms with van der Waals surface area (Å²) in [6, 6.07) is 2.54. The lowest BCUT2D eigenvalue weighted by atomic mass is 9.61. The molecule has 2 fully saturated rings. The summed E-state index contributed by atoms with van der Waals surface area (Å²) in [4.78, 5) is 6.61. The molecule has 1 aromatic rings. The lowest BCUT2D eigenvalue weighted by molar-refractivity contribution is 0.0664. The molecule has 3 nitrogen and oxygen atoms in total. The number of aromatic nitrogens is 1. The third-order valence-electron chi connectivity index (χ3n) is 3.80. The zero-order chi connectivity index (χ0) is 10.5. The standard InChI is InChI=1S/C12H17N3/c1-9-2-3-14-6-11(9)15-7-12(8-15)4-10(13)5-12/h2-3,6,10H,4-5,7-8,13H2,1H3. The second-order valence-electron chi connectivity index (χ2n) is 5.19. The van der Waals surface area contributed by atoms with E-state index in [4.69, 9.17) is 5.73 Å². The molecule has 0 radical (unpaired) electrons. The number of nitrogens with two attached hydrogens (primary N) is 1. The minimum absolute atomic E-state index is 0.460. The van der Waals surface area contributed by atoms with Crippen LogP contribution in [0.3, 0.4) is 0 Å². The molecule has 2 N–H and O–H groups in total. The summed E-state index contributed by atoms with van der Waals surface area (Å²) < 4.78 is 0. The van der Waals surface area contributed by atoms with Crippen LogP contribution in [0.5, 0.6) is 0 Å². The summed E-state index contributed by atoms with van der Waals surface area (Å²) in [7, 11) is 0. The van der Waals surface area contributed by atoms with Crippen molar-refractivity contribution in [3.63, 3.8) is 0 Å². The van der Waals surface area contributed by atoms with Crippen LogP contribution in [0, 0.1) is 12.3 Å². The molecule has 0 amide bonds. The van der Waals surface area contributed by atoms with Crippen molar-refractivity contribution in [3.8, 4) is 0 Å². The molecule has 80 valence electrons. The number of hydrogen-bond donors (Lipinski definition) is 1. The summed E-state index contributed by atoms with van der Waals surface area (Å²) in [5.74, 6) is 0. The van der Waals surface area contributed by atoms with Crippen LogP contribution in [0.25, 0.3) is 0 Å². The van der Waals surface area contributed by atoms with Crippen molar-refractivity contribution in [2.75, 3.05) is 18.0 Å². The van der Waals surface area contributed by atoms with Crippen molar-refractivity contribution in [2.24, 2.45) is 11.1 Å². The second-order valence-corrected chi connectivity index (χ2v) is 5.19. The van der Waals surface area contributed by atoms with E-state index in [2.05, 4.69) is 22.9 Å².